The third-order valence-corrected chi connectivity index (χ3v) is 5.25. The van der Waals surface area contributed by atoms with Gasteiger partial charge in [0, 0.05) is 18.0 Å². The highest BCUT2D eigenvalue weighted by atomic mass is 32.1. The molecule has 3 aromatic heterocycles. The van der Waals surface area contributed by atoms with Crippen LogP contribution in [-0.4, -0.2) is 15.9 Å². The van der Waals surface area contributed by atoms with Crippen LogP contribution in [0.1, 0.15) is 26.8 Å². The Hall–Kier alpha value is -2.94. The van der Waals surface area contributed by atoms with Crippen molar-refractivity contribution in [2.75, 3.05) is 5.32 Å². The number of thiophene rings is 1. The monoisotopic (exact) mass is 391 g/mol. The Bertz CT molecular complexity index is 1190. The minimum absolute atomic E-state index is 0.176. The van der Waals surface area contributed by atoms with Gasteiger partial charge in [0.25, 0.3) is 5.91 Å². The third kappa shape index (κ3) is 3.14. The van der Waals surface area contributed by atoms with Crippen LogP contribution in [0, 0.1) is 13.8 Å². The minimum atomic E-state index is -4.53. The van der Waals surface area contributed by atoms with Crippen molar-refractivity contribution in [3.05, 3.63) is 52.4 Å². The van der Waals surface area contributed by atoms with Gasteiger partial charge in [-0.25, -0.2) is 9.97 Å². The van der Waals surface area contributed by atoms with E-state index in [0.29, 0.717) is 38.5 Å². The molecule has 0 spiro atoms. The molecule has 0 unspecified atom stereocenters. The summed E-state index contributed by atoms with van der Waals surface area (Å²) in [6.45, 7) is 3.41. The highest BCUT2D eigenvalue weighted by Crippen LogP contribution is 2.34. The van der Waals surface area contributed by atoms with Crippen LogP contribution in [0.25, 0.3) is 21.3 Å². The van der Waals surface area contributed by atoms with E-state index in [1.807, 2.05) is 0 Å². The fourth-order valence-electron chi connectivity index (χ4n) is 2.78. The molecule has 0 aliphatic rings. The maximum absolute atomic E-state index is 12.8. The predicted octanol–water partition coefficient (Wildman–Crippen LogP) is 5.33. The Labute approximate surface area is 154 Å². The number of hydrogen-bond acceptors (Lipinski definition) is 5. The molecule has 3 heterocycles. The van der Waals surface area contributed by atoms with Gasteiger partial charge < -0.3 is 9.73 Å². The van der Waals surface area contributed by atoms with Gasteiger partial charge in [-0.15, -0.1) is 11.3 Å². The lowest BCUT2D eigenvalue weighted by Gasteiger charge is -2.04. The van der Waals surface area contributed by atoms with E-state index in [4.69, 9.17) is 4.42 Å². The van der Waals surface area contributed by atoms with E-state index in [9.17, 15) is 18.0 Å². The molecule has 0 fully saturated rings. The normalized spacial score (nSPS) is 12.0. The van der Waals surface area contributed by atoms with Crippen LogP contribution in [0.15, 0.2) is 34.7 Å². The molecule has 0 bridgehead atoms. The summed E-state index contributed by atoms with van der Waals surface area (Å²) in [5.74, 6) is 0.101. The number of amides is 1. The number of carbonyl (C=O) groups is 1. The van der Waals surface area contributed by atoms with Crippen LogP contribution < -0.4 is 5.32 Å². The number of nitrogens with one attached hydrogen (secondary N) is 1. The smallest absolute Gasteiger partial charge is 0.433 e. The predicted molar refractivity (Wildman–Crippen MR) is 96.1 cm³/mol. The highest BCUT2D eigenvalue weighted by Gasteiger charge is 2.33. The highest BCUT2D eigenvalue weighted by molar-refractivity contribution is 7.20. The molecular weight excluding hydrogens is 379 g/mol. The van der Waals surface area contributed by atoms with Gasteiger partial charge in [-0.05, 0) is 42.8 Å². The first-order valence-corrected chi connectivity index (χ1v) is 8.70. The molecule has 0 atom stereocenters. The van der Waals surface area contributed by atoms with E-state index in [1.54, 1.807) is 32.0 Å². The molecule has 0 saturated heterocycles. The molecule has 0 saturated carbocycles. The fourth-order valence-corrected chi connectivity index (χ4v) is 3.86. The minimum Gasteiger partial charge on any atom is -0.441 e. The zero-order valence-corrected chi connectivity index (χ0v) is 15.0. The summed E-state index contributed by atoms with van der Waals surface area (Å²) >= 11 is 0.932. The number of nitrogens with zero attached hydrogens (tertiary/aromatic N) is 2. The van der Waals surface area contributed by atoms with Crippen molar-refractivity contribution in [3.8, 4) is 0 Å². The Balaban J connectivity index is 1.67. The van der Waals surface area contributed by atoms with Gasteiger partial charge in [-0.2, -0.15) is 13.2 Å². The molecule has 0 radical (unpaired) electrons. The van der Waals surface area contributed by atoms with Crippen molar-refractivity contribution in [1.82, 2.24) is 9.97 Å². The summed E-state index contributed by atoms with van der Waals surface area (Å²) in [6, 6.07) is 7.31. The summed E-state index contributed by atoms with van der Waals surface area (Å²) in [6.07, 6.45) is -4.53. The molecule has 27 heavy (non-hydrogen) atoms. The topological polar surface area (TPSA) is 68.0 Å². The largest absolute Gasteiger partial charge is 0.441 e. The number of rotatable bonds is 2. The van der Waals surface area contributed by atoms with Gasteiger partial charge in [0.05, 0.1) is 4.88 Å². The van der Waals surface area contributed by atoms with Crippen molar-refractivity contribution >= 4 is 44.2 Å². The lowest BCUT2D eigenvalue weighted by molar-refractivity contribution is -0.140. The molecule has 1 aromatic carbocycles. The van der Waals surface area contributed by atoms with E-state index in [0.717, 1.165) is 17.4 Å². The average Bonchev–Trinajstić information content (AvgIpc) is 3.12. The summed E-state index contributed by atoms with van der Waals surface area (Å²) < 4.78 is 43.9. The zero-order chi connectivity index (χ0) is 19.3. The van der Waals surface area contributed by atoms with Gasteiger partial charge in [-0.3, -0.25) is 4.79 Å². The first kappa shape index (κ1) is 17.5. The quantitative estimate of drug-likeness (QED) is 0.502. The summed E-state index contributed by atoms with van der Waals surface area (Å²) in [4.78, 5) is 21.0. The molecule has 1 amide bonds. The Morgan fingerprint density at radius 2 is 1.93 bits per heavy atom. The number of anilines is 1. The summed E-state index contributed by atoms with van der Waals surface area (Å²) in [7, 11) is 0. The van der Waals surface area contributed by atoms with E-state index in [-0.39, 0.29) is 4.83 Å². The van der Waals surface area contributed by atoms with Gasteiger partial charge >= 0.3 is 6.18 Å². The fraction of sp³-hybridized carbons (Fsp3) is 0.167. The van der Waals surface area contributed by atoms with Crippen LogP contribution in [0.4, 0.5) is 18.9 Å². The number of alkyl halides is 3. The molecule has 1 N–H and O–H groups in total. The first-order chi connectivity index (χ1) is 12.7. The number of aryl methyl sites for hydroxylation is 2. The molecule has 4 aromatic rings. The van der Waals surface area contributed by atoms with Gasteiger partial charge in [-0.1, -0.05) is 0 Å². The summed E-state index contributed by atoms with van der Waals surface area (Å²) in [5, 5.41) is 3.27. The van der Waals surface area contributed by atoms with E-state index >= 15 is 0 Å². The summed E-state index contributed by atoms with van der Waals surface area (Å²) in [5.41, 5.74) is 1.34. The zero-order valence-electron chi connectivity index (χ0n) is 14.1. The maximum Gasteiger partial charge on any atom is 0.433 e. The van der Waals surface area contributed by atoms with Crippen LogP contribution in [-0.2, 0) is 6.18 Å². The number of halogens is 3. The lowest BCUT2D eigenvalue weighted by atomic mass is 10.1. The first-order valence-electron chi connectivity index (χ1n) is 7.88. The Morgan fingerprint density at radius 3 is 2.67 bits per heavy atom. The van der Waals surface area contributed by atoms with Crippen molar-refractivity contribution in [2.45, 2.75) is 20.0 Å². The lowest BCUT2D eigenvalue weighted by Crippen LogP contribution is -2.11. The van der Waals surface area contributed by atoms with Crippen molar-refractivity contribution in [1.29, 1.82) is 0 Å². The molecular formula is C18H12F3N3O2S. The van der Waals surface area contributed by atoms with E-state index in [1.165, 1.54) is 6.07 Å². The van der Waals surface area contributed by atoms with Crippen molar-refractivity contribution in [2.24, 2.45) is 0 Å². The second kappa shape index (κ2) is 6.05. The number of pyridine rings is 1. The standard InChI is InChI=1S/C18H12F3N3O2S/c1-8-11-4-6-14(18(19,20)21)24-17(11)27-15(8)16(25)23-10-3-5-13-12(7-10)22-9(2)26-13/h3-7H,1-2H3,(H,23,25). The van der Waals surface area contributed by atoms with E-state index < -0.39 is 17.8 Å². The van der Waals surface area contributed by atoms with Crippen molar-refractivity contribution < 1.29 is 22.4 Å². The average molecular weight is 391 g/mol. The van der Waals surface area contributed by atoms with Crippen LogP contribution in [0.2, 0.25) is 0 Å². The van der Waals surface area contributed by atoms with Crippen LogP contribution in [0.5, 0.6) is 0 Å². The van der Waals surface area contributed by atoms with Gasteiger partial charge in [0.1, 0.15) is 16.0 Å². The Kier molecular flexibility index (Phi) is 3.92. The number of oxazole rings is 1. The molecule has 4 rings (SSSR count). The number of carbonyl (C=O) groups excluding carboxylic acids is 1. The third-order valence-electron chi connectivity index (χ3n) is 4.05. The number of fused-ring (bicyclic) bond motifs is 2. The molecule has 9 heteroatoms. The second-order valence-corrected chi connectivity index (χ2v) is 6.97. The van der Waals surface area contributed by atoms with Crippen molar-refractivity contribution in [3.63, 3.8) is 0 Å². The Morgan fingerprint density at radius 1 is 1.15 bits per heavy atom. The number of aromatic nitrogens is 2. The molecule has 0 aliphatic heterocycles. The maximum atomic E-state index is 12.8. The van der Waals surface area contributed by atoms with Crippen LogP contribution in [0.3, 0.4) is 0 Å². The van der Waals surface area contributed by atoms with Crippen LogP contribution >= 0.6 is 11.3 Å². The SMILES string of the molecule is Cc1nc2cc(NC(=O)c3sc4nc(C(F)(F)F)ccc4c3C)ccc2o1. The molecule has 5 nitrogen and oxygen atoms in total. The number of hydrogen-bond donors (Lipinski definition) is 1. The number of benzene rings is 1. The van der Waals surface area contributed by atoms with E-state index in [2.05, 4.69) is 15.3 Å². The molecule has 0 aliphatic carbocycles. The van der Waals surface area contributed by atoms with Gasteiger partial charge in [0.15, 0.2) is 11.5 Å². The van der Waals surface area contributed by atoms with Gasteiger partial charge in [0.2, 0.25) is 0 Å². The second-order valence-electron chi connectivity index (χ2n) is 5.97. The molecule has 138 valence electrons.